The van der Waals surface area contributed by atoms with E-state index < -0.39 is 0 Å². The fourth-order valence-corrected chi connectivity index (χ4v) is 6.57. The predicted molar refractivity (Wildman–Crippen MR) is 180 cm³/mol. The van der Waals surface area contributed by atoms with Crippen LogP contribution in [-0.4, -0.2) is 91.3 Å². The standard InChI is InChI=1S/C34H35BClN8O2/c1-23-18-41(19-24(2)46-23)32-15-13-29-34(26-9-11-27(12-10-26)37-31(45)17-36)30-14-16-33(44(30)35-43(29)32)42-22-28(38-39-42)21-40(3)20-25-7-5-4-6-8-25/h4-16,22-24H,17-21H2,1-3H3/p+1. The van der Waals surface area contributed by atoms with Gasteiger partial charge in [-0.1, -0.05) is 47.7 Å². The van der Waals surface area contributed by atoms with Crippen LogP contribution in [0.15, 0.2) is 90.8 Å². The van der Waals surface area contributed by atoms with E-state index in [0.717, 1.165) is 59.5 Å². The summed E-state index contributed by atoms with van der Waals surface area (Å²) in [4.78, 5) is 16.4. The van der Waals surface area contributed by atoms with E-state index in [1.165, 1.54) is 5.56 Å². The first kappa shape index (κ1) is 30.2. The van der Waals surface area contributed by atoms with Gasteiger partial charge < -0.3 is 14.5 Å². The molecule has 2 unspecified atom stereocenters. The number of anilines is 1. The number of ether oxygens (including phenoxy) is 1. The summed E-state index contributed by atoms with van der Waals surface area (Å²) >= 11 is 5.71. The van der Waals surface area contributed by atoms with E-state index in [4.69, 9.17) is 16.3 Å². The fourth-order valence-electron chi connectivity index (χ4n) is 6.50. The Labute approximate surface area is 274 Å². The molecule has 233 valence electrons. The van der Waals surface area contributed by atoms with E-state index in [2.05, 4.69) is 111 Å². The Morgan fingerprint density at radius 3 is 2.54 bits per heavy atom. The highest BCUT2D eigenvalue weighted by Gasteiger charge is 2.41. The maximum Gasteiger partial charge on any atom is 0.553 e. The molecule has 2 aromatic heterocycles. The number of morpholine rings is 1. The molecule has 12 heteroatoms. The van der Waals surface area contributed by atoms with Gasteiger partial charge in [-0.2, -0.15) is 0 Å². The molecule has 10 nitrogen and oxygen atoms in total. The number of nitrogens with zero attached hydrogens (tertiary/aromatic N) is 7. The van der Waals surface area contributed by atoms with Gasteiger partial charge in [-0.15, -0.1) is 16.7 Å². The molecule has 0 bridgehead atoms. The minimum absolute atomic E-state index is 0.0896. The average molecular weight is 635 g/mol. The van der Waals surface area contributed by atoms with Crippen LogP contribution in [0.5, 0.6) is 0 Å². The van der Waals surface area contributed by atoms with E-state index in [1.807, 2.05) is 41.2 Å². The highest BCUT2D eigenvalue weighted by Crippen LogP contribution is 2.37. The van der Waals surface area contributed by atoms with E-state index in [9.17, 15) is 4.79 Å². The van der Waals surface area contributed by atoms with Crippen molar-refractivity contribution >= 4 is 42.2 Å². The van der Waals surface area contributed by atoms with Gasteiger partial charge in [0.2, 0.25) is 5.91 Å². The molecule has 0 saturated carbocycles. The average Bonchev–Trinajstić information content (AvgIpc) is 3.79. The monoisotopic (exact) mass is 634 g/mol. The zero-order valence-electron chi connectivity index (χ0n) is 26.2. The number of aromatic nitrogens is 4. The second-order valence-corrected chi connectivity index (χ2v) is 12.4. The third-order valence-electron chi connectivity index (χ3n) is 8.36. The molecular weight excluding hydrogens is 599 g/mol. The summed E-state index contributed by atoms with van der Waals surface area (Å²) in [6.45, 7) is 7.36. The topological polar surface area (TPSA) is 83.5 Å². The van der Waals surface area contributed by atoms with Crippen LogP contribution >= 0.6 is 11.6 Å². The summed E-state index contributed by atoms with van der Waals surface area (Å²) in [5, 5.41) is 11.9. The number of allylic oxidation sites excluding steroid dienone is 1. The number of rotatable bonds is 8. The number of halogens is 1. The number of alkyl halides is 1. The minimum atomic E-state index is -0.237. The lowest BCUT2D eigenvalue weighted by Crippen LogP contribution is -2.48. The first-order valence-electron chi connectivity index (χ1n) is 15.5. The van der Waals surface area contributed by atoms with Crippen LogP contribution in [0, 0.1) is 0 Å². The van der Waals surface area contributed by atoms with Crippen molar-refractivity contribution in [2.45, 2.75) is 39.1 Å². The summed E-state index contributed by atoms with van der Waals surface area (Å²) in [7, 11) is 4.23. The third kappa shape index (κ3) is 6.05. The molecule has 1 radical (unpaired) electrons. The largest absolute Gasteiger partial charge is 0.553 e. The normalized spacial score (nSPS) is 19.0. The van der Waals surface area contributed by atoms with Crippen molar-refractivity contribution in [2.75, 3.05) is 31.3 Å². The molecule has 3 aliphatic heterocycles. The van der Waals surface area contributed by atoms with Gasteiger partial charge in [0.05, 0.1) is 24.1 Å². The Kier molecular flexibility index (Phi) is 8.37. The molecule has 1 saturated heterocycles. The maximum atomic E-state index is 11.9. The van der Waals surface area contributed by atoms with Crippen LogP contribution in [-0.2, 0) is 22.6 Å². The minimum Gasteiger partial charge on any atom is -0.367 e. The van der Waals surface area contributed by atoms with E-state index in [0.29, 0.717) is 12.2 Å². The number of amidine groups is 1. The van der Waals surface area contributed by atoms with Crippen LogP contribution in [0.4, 0.5) is 5.69 Å². The summed E-state index contributed by atoms with van der Waals surface area (Å²) in [6.07, 6.45) is 6.63. The van der Waals surface area contributed by atoms with Gasteiger partial charge in [0.15, 0.2) is 0 Å². The Balaban J connectivity index is 1.24. The highest BCUT2D eigenvalue weighted by molar-refractivity contribution is 6.40. The second-order valence-electron chi connectivity index (χ2n) is 12.1. The molecule has 0 spiro atoms. The summed E-state index contributed by atoms with van der Waals surface area (Å²) in [6, 6.07) is 22.5. The number of fused-ring (bicyclic) bond motifs is 2. The van der Waals surface area contributed by atoms with Gasteiger partial charge >= 0.3 is 7.55 Å². The van der Waals surface area contributed by atoms with E-state index in [-0.39, 0.29) is 24.0 Å². The van der Waals surface area contributed by atoms with Crippen LogP contribution in [0.2, 0.25) is 0 Å². The molecule has 7 rings (SSSR count). The van der Waals surface area contributed by atoms with Crippen molar-refractivity contribution in [2.24, 2.45) is 0 Å². The number of nitrogens with one attached hydrogen (secondary N) is 1. The SMILES string of the molecule is CC1C[N+](=C2C=CC3=C(c4ccc(NC(=O)CCl)cc4)c4ccc(-n5cc(CN(C)Cc6ccccc6)nn5)n4[B]N32)CC(C)O1. The molecule has 5 heterocycles. The van der Waals surface area contributed by atoms with E-state index >= 15 is 0 Å². The van der Waals surface area contributed by atoms with Crippen molar-refractivity contribution in [3.05, 3.63) is 113 Å². The molecule has 1 N–H and O–H groups in total. The summed E-state index contributed by atoms with van der Waals surface area (Å²) < 4.78 is 12.5. The number of benzene rings is 2. The van der Waals surface area contributed by atoms with Gasteiger partial charge in [0.1, 0.15) is 30.5 Å². The first-order chi connectivity index (χ1) is 22.4. The molecule has 3 aliphatic rings. The van der Waals surface area contributed by atoms with Crippen molar-refractivity contribution in [1.29, 1.82) is 0 Å². The van der Waals surface area contributed by atoms with E-state index in [1.54, 1.807) is 0 Å². The zero-order chi connectivity index (χ0) is 31.8. The molecule has 0 aliphatic carbocycles. The first-order valence-corrected chi connectivity index (χ1v) is 16.1. The van der Waals surface area contributed by atoms with Gasteiger partial charge in [-0.05, 0) is 62.4 Å². The van der Waals surface area contributed by atoms with Gasteiger partial charge in [-0.25, -0.2) is 4.68 Å². The van der Waals surface area contributed by atoms with Gasteiger partial charge in [0.25, 0.3) is 5.84 Å². The van der Waals surface area contributed by atoms with Crippen LogP contribution in [0.25, 0.3) is 11.4 Å². The predicted octanol–water partition coefficient (Wildman–Crippen LogP) is 4.12. The molecule has 46 heavy (non-hydrogen) atoms. The maximum absolute atomic E-state index is 11.9. The molecule has 1 amide bonds. The van der Waals surface area contributed by atoms with Crippen LogP contribution in [0.1, 0.15) is 36.4 Å². The lowest BCUT2D eigenvalue weighted by atomic mass is 9.91. The third-order valence-corrected chi connectivity index (χ3v) is 8.60. The summed E-state index contributed by atoms with van der Waals surface area (Å²) in [5.41, 5.74) is 7.07. The smallest absolute Gasteiger partial charge is 0.367 e. The Morgan fingerprint density at radius 2 is 1.80 bits per heavy atom. The Bertz CT molecular complexity index is 1830. The van der Waals surface area contributed by atoms with Gasteiger partial charge in [-0.3, -0.25) is 19.1 Å². The quantitative estimate of drug-likeness (QED) is 0.178. The number of hydrogen-bond acceptors (Lipinski definition) is 5. The summed E-state index contributed by atoms with van der Waals surface area (Å²) in [5.74, 6) is 1.66. The Morgan fingerprint density at radius 1 is 1.04 bits per heavy atom. The lowest BCUT2D eigenvalue weighted by Gasteiger charge is -2.30. The number of amides is 1. The van der Waals surface area contributed by atoms with Crippen molar-refractivity contribution < 1.29 is 14.1 Å². The second kappa shape index (κ2) is 12.7. The zero-order valence-corrected chi connectivity index (χ0v) is 26.9. The van der Waals surface area contributed by atoms with Crippen molar-refractivity contribution in [1.82, 2.24) is 29.2 Å². The number of hydrogen-bond donors (Lipinski definition) is 1. The fraction of sp³-hybridized carbons (Fsp3) is 0.294. The molecule has 4 aromatic rings. The molecule has 2 aromatic carbocycles. The highest BCUT2D eigenvalue weighted by atomic mass is 35.5. The molecule has 2 atom stereocenters. The van der Waals surface area contributed by atoms with Crippen LogP contribution in [0.3, 0.4) is 0 Å². The van der Waals surface area contributed by atoms with Crippen LogP contribution < -0.4 is 5.32 Å². The Hall–Kier alpha value is -4.45. The van der Waals surface area contributed by atoms with Crippen molar-refractivity contribution in [3.63, 3.8) is 0 Å². The number of carbonyl (C=O) groups excluding carboxylic acids is 1. The molecular formula is C34H36BClN8O2+. The lowest BCUT2D eigenvalue weighted by molar-refractivity contribution is -0.568. The number of carbonyl (C=O) groups is 1. The van der Waals surface area contributed by atoms with Crippen molar-refractivity contribution in [3.8, 4) is 5.82 Å². The van der Waals surface area contributed by atoms with Gasteiger partial charge in [0, 0.05) is 36.1 Å². The molecule has 1 fully saturated rings.